The van der Waals surface area contributed by atoms with Gasteiger partial charge in [0.2, 0.25) is 0 Å². The Balaban J connectivity index is 1.76. The molecule has 106 valence electrons. The molecule has 3 aromatic rings. The summed E-state index contributed by atoms with van der Waals surface area (Å²) in [6.45, 7) is -0.0526. The van der Waals surface area contributed by atoms with Gasteiger partial charge in [0.1, 0.15) is 10.7 Å². The van der Waals surface area contributed by atoms with E-state index in [4.69, 9.17) is 5.11 Å². The summed E-state index contributed by atoms with van der Waals surface area (Å²) in [4.78, 5) is 17.6. The van der Waals surface area contributed by atoms with E-state index in [1.54, 1.807) is 41.0 Å². The number of rotatable bonds is 4. The molecule has 21 heavy (non-hydrogen) atoms. The average Bonchev–Trinajstić information content (AvgIpc) is 3.18. The fourth-order valence-electron chi connectivity index (χ4n) is 1.83. The highest BCUT2D eigenvalue weighted by Gasteiger charge is 2.12. The second-order valence-corrected chi connectivity index (χ2v) is 6.13. The molecule has 0 spiro atoms. The maximum absolute atomic E-state index is 12.2. The lowest BCUT2D eigenvalue weighted by atomic mass is 10.2. The lowest BCUT2D eigenvalue weighted by Gasteiger charge is -2.04. The molecule has 0 unspecified atom stereocenters. The van der Waals surface area contributed by atoms with Gasteiger partial charge < -0.3 is 10.4 Å². The van der Waals surface area contributed by atoms with Crippen LogP contribution in [0.2, 0.25) is 0 Å². The summed E-state index contributed by atoms with van der Waals surface area (Å²) in [6.07, 6.45) is 0. The molecule has 6 heteroatoms. The zero-order valence-corrected chi connectivity index (χ0v) is 12.6. The minimum absolute atomic E-state index is 0.0526. The summed E-state index contributed by atoms with van der Waals surface area (Å²) >= 11 is 3.05. The topological polar surface area (TPSA) is 62.2 Å². The first-order chi connectivity index (χ1) is 10.3. The van der Waals surface area contributed by atoms with Gasteiger partial charge in [0, 0.05) is 11.1 Å². The molecule has 3 rings (SSSR count). The van der Waals surface area contributed by atoms with Crippen LogP contribution < -0.4 is 5.32 Å². The normalized spacial score (nSPS) is 10.5. The average molecular weight is 316 g/mol. The quantitative estimate of drug-likeness (QED) is 0.773. The monoisotopic (exact) mass is 316 g/mol. The molecule has 1 aromatic carbocycles. The third-order valence-corrected chi connectivity index (χ3v) is 4.72. The van der Waals surface area contributed by atoms with E-state index in [2.05, 4.69) is 10.3 Å². The molecule has 0 aliphatic rings. The molecule has 2 heterocycles. The highest BCUT2D eigenvalue weighted by Crippen LogP contribution is 2.28. The van der Waals surface area contributed by atoms with Crippen molar-refractivity contribution < 1.29 is 9.90 Å². The van der Waals surface area contributed by atoms with E-state index in [1.807, 2.05) is 17.5 Å². The van der Waals surface area contributed by atoms with E-state index in [1.165, 1.54) is 11.3 Å². The molecule has 0 bridgehead atoms. The fraction of sp³-hybridized carbons (Fsp3) is 0.0667. The number of thiophene rings is 1. The van der Waals surface area contributed by atoms with Gasteiger partial charge in [-0.25, -0.2) is 4.98 Å². The summed E-state index contributed by atoms with van der Waals surface area (Å²) in [5.41, 5.74) is 1.81. The van der Waals surface area contributed by atoms with Crippen LogP contribution in [0.15, 0.2) is 47.2 Å². The first kappa shape index (κ1) is 13.9. The first-order valence-corrected chi connectivity index (χ1v) is 8.03. The van der Waals surface area contributed by atoms with E-state index >= 15 is 0 Å². The zero-order chi connectivity index (χ0) is 14.7. The summed E-state index contributed by atoms with van der Waals surface area (Å²) in [5, 5.41) is 16.5. The number of aliphatic hydroxyl groups is 1. The van der Waals surface area contributed by atoms with E-state index in [9.17, 15) is 4.79 Å². The van der Waals surface area contributed by atoms with Crippen molar-refractivity contribution in [3.8, 4) is 9.88 Å². The van der Waals surface area contributed by atoms with Gasteiger partial charge in [-0.2, -0.15) is 0 Å². The van der Waals surface area contributed by atoms with Gasteiger partial charge in [-0.15, -0.1) is 22.7 Å². The molecular weight excluding hydrogens is 304 g/mol. The number of thiazole rings is 1. The number of anilines is 1. The predicted molar refractivity (Wildman–Crippen MR) is 85.7 cm³/mol. The van der Waals surface area contributed by atoms with Crippen molar-refractivity contribution in [2.45, 2.75) is 6.61 Å². The highest BCUT2D eigenvalue weighted by molar-refractivity contribution is 7.20. The second kappa shape index (κ2) is 6.17. The van der Waals surface area contributed by atoms with Gasteiger partial charge in [0.05, 0.1) is 11.5 Å². The molecule has 2 aromatic heterocycles. The highest BCUT2D eigenvalue weighted by atomic mass is 32.1. The number of hydrogen-bond acceptors (Lipinski definition) is 5. The minimum Gasteiger partial charge on any atom is -0.392 e. The number of benzene rings is 1. The third kappa shape index (κ3) is 3.18. The Bertz CT molecular complexity index is 751. The van der Waals surface area contributed by atoms with Crippen molar-refractivity contribution in [2.75, 3.05) is 5.32 Å². The first-order valence-electron chi connectivity index (χ1n) is 6.27. The van der Waals surface area contributed by atoms with Gasteiger partial charge in [-0.05, 0) is 29.1 Å². The van der Waals surface area contributed by atoms with Crippen LogP contribution in [0.3, 0.4) is 0 Å². The standard InChI is InChI=1S/C15H12N2O2S2/c18-8-10-3-1-4-11(7-10)16-14(19)12-9-21-15(17-12)13-5-2-6-20-13/h1-7,9,18H,8H2,(H,16,19). The summed E-state index contributed by atoms with van der Waals surface area (Å²) < 4.78 is 0. The van der Waals surface area contributed by atoms with E-state index in [0.29, 0.717) is 11.4 Å². The molecule has 0 saturated heterocycles. The predicted octanol–water partition coefficient (Wildman–Crippen LogP) is 3.62. The molecule has 0 aliphatic carbocycles. The van der Waals surface area contributed by atoms with Crippen molar-refractivity contribution in [1.82, 2.24) is 4.98 Å². The molecule has 2 N–H and O–H groups in total. The van der Waals surface area contributed by atoms with Crippen LogP contribution in [0.4, 0.5) is 5.69 Å². The van der Waals surface area contributed by atoms with Crippen molar-refractivity contribution >= 4 is 34.3 Å². The number of nitrogens with zero attached hydrogens (tertiary/aromatic N) is 1. The van der Waals surface area contributed by atoms with Crippen LogP contribution in [-0.4, -0.2) is 16.0 Å². The Morgan fingerprint density at radius 3 is 2.90 bits per heavy atom. The molecular formula is C15H12N2O2S2. The van der Waals surface area contributed by atoms with Gasteiger partial charge in [-0.3, -0.25) is 4.79 Å². The maximum atomic E-state index is 12.2. The number of carbonyl (C=O) groups excluding carboxylic acids is 1. The fourth-order valence-corrected chi connectivity index (χ4v) is 3.45. The second-order valence-electron chi connectivity index (χ2n) is 4.33. The molecule has 0 atom stereocenters. The summed E-state index contributed by atoms with van der Waals surface area (Å²) in [6, 6.07) is 11.1. The molecule has 0 aliphatic heterocycles. The van der Waals surface area contributed by atoms with E-state index in [-0.39, 0.29) is 12.5 Å². The summed E-state index contributed by atoms with van der Waals surface area (Å²) in [5.74, 6) is -0.246. The van der Waals surface area contributed by atoms with Crippen LogP contribution >= 0.6 is 22.7 Å². The Morgan fingerprint density at radius 1 is 1.24 bits per heavy atom. The number of aliphatic hydroxyl groups excluding tert-OH is 1. The largest absolute Gasteiger partial charge is 0.392 e. The Labute approximate surface area is 129 Å². The number of aromatic nitrogens is 1. The van der Waals surface area contributed by atoms with Gasteiger partial charge >= 0.3 is 0 Å². The molecule has 0 saturated carbocycles. The Morgan fingerprint density at radius 2 is 2.14 bits per heavy atom. The Kier molecular flexibility index (Phi) is 4.10. The third-order valence-electron chi connectivity index (χ3n) is 2.84. The van der Waals surface area contributed by atoms with Crippen LogP contribution in [0, 0.1) is 0 Å². The molecule has 1 amide bonds. The van der Waals surface area contributed by atoms with Crippen molar-refractivity contribution in [1.29, 1.82) is 0 Å². The van der Waals surface area contributed by atoms with Crippen LogP contribution in [0.25, 0.3) is 9.88 Å². The van der Waals surface area contributed by atoms with E-state index in [0.717, 1.165) is 15.4 Å². The number of hydrogen-bond donors (Lipinski definition) is 2. The Hall–Kier alpha value is -2.02. The number of carbonyl (C=O) groups is 1. The molecule has 0 radical (unpaired) electrons. The van der Waals surface area contributed by atoms with Crippen molar-refractivity contribution in [2.24, 2.45) is 0 Å². The SMILES string of the molecule is O=C(Nc1cccc(CO)c1)c1csc(-c2cccs2)n1. The van der Waals surface area contributed by atoms with Crippen LogP contribution in [-0.2, 0) is 6.61 Å². The summed E-state index contributed by atoms with van der Waals surface area (Å²) in [7, 11) is 0. The van der Waals surface area contributed by atoms with Crippen molar-refractivity contribution in [3.63, 3.8) is 0 Å². The van der Waals surface area contributed by atoms with Crippen molar-refractivity contribution in [3.05, 3.63) is 58.4 Å². The van der Waals surface area contributed by atoms with Gasteiger partial charge in [0.25, 0.3) is 5.91 Å². The number of amides is 1. The maximum Gasteiger partial charge on any atom is 0.275 e. The van der Waals surface area contributed by atoms with Gasteiger partial charge in [0.15, 0.2) is 0 Å². The van der Waals surface area contributed by atoms with E-state index < -0.39 is 0 Å². The number of nitrogens with one attached hydrogen (secondary N) is 1. The lowest BCUT2D eigenvalue weighted by molar-refractivity contribution is 0.102. The lowest BCUT2D eigenvalue weighted by Crippen LogP contribution is -2.12. The smallest absolute Gasteiger partial charge is 0.275 e. The van der Waals surface area contributed by atoms with Crippen LogP contribution in [0.1, 0.15) is 16.1 Å². The van der Waals surface area contributed by atoms with Crippen LogP contribution in [0.5, 0.6) is 0 Å². The molecule has 0 fully saturated rings. The minimum atomic E-state index is -0.246. The zero-order valence-electron chi connectivity index (χ0n) is 10.9. The molecule has 4 nitrogen and oxygen atoms in total. The van der Waals surface area contributed by atoms with Gasteiger partial charge in [-0.1, -0.05) is 18.2 Å².